The molecule has 1 aromatic rings. The first-order valence-electron chi connectivity index (χ1n) is 3.85. The van der Waals surface area contributed by atoms with Crippen molar-refractivity contribution in [2.45, 2.75) is 12.7 Å². The summed E-state index contributed by atoms with van der Waals surface area (Å²) in [4.78, 5) is 0. The fourth-order valence-electron chi connectivity index (χ4n) is 0.996. The minimum absolute atomic E-state index is 0.00634. The Balaban J connectivity index is 2.77. The van der Waals surface area contributed by atoms with Crippen LogP contribution in [0.2, 0.25) is 0 Å². The van der Waals surface area contributed by atoms with Gasteiger partial charge in [0.2, 0.25) is 0 Å². The number of rotatable bonds is 3. The van der Waals surface area contributed by atoms with Crippen molar-refractivity contribution >= 4 is 0 Å². The van der Waals surface area contributed by atoms with Crippen LogP contribution in [0.4, 0.5) is 0 Å². The highest BCUT2D eigenvalue weighted by Crippen LogP contribution is 2.23. The van der Waals surface area contributed by atoms with E-state index >= 15 is 0 Å². The van der Waals surface area contributed by atoms with E-state index in [4.69, 9.17) is 10.2 Å². The lowest BCUT2D eigenvalue weighted by Crippen LogP contribution is -2.12. The largest absolute Gasteiger partial charge is 0.508 e. The van der Waals surface area contributed by atoms with Crippen molar-refractivity contribution in [3.8, 4) is 11.5 Å². The van der Waals surface area contributed by atoms with Gasteiger partial charge in [-0.15, -0.1) is 0 Å². The molecule has 0 spiro atoms. The second-order valence-corrected chi connectivity index (χ2v) is 2.71. The van der Waals surface area contributed by atoms with E-state index < -0.39 is 6.29 Å². The number of benzene rings is 1. The maximum absolute atomic E-state index is 9.31. The summed E-state index contributed by atoms with van der Waals surface area (Å²) in [6.07, 6.45) is -0.738. The molecule has 0 saturated heterocycles. The van der Waals surface area contributed by atoms with E-state index in [2.05, 4.69) is 4.74 Å². The SMILES string of the molecule is COC(O)Cc1ccc(O)cc1O. The van der Waals surface area contributed by atoms with Crippen LogP contribution in [-0.2, 0) is 11.2 Å². The average molecular weight is 184 g/mol. The van der Waals surface area contributed by atoms with Crippen molar-refractivity contribution in [1.29, 1.82) is 0 Å². The predicted molar refractivity (Wildman–Crippen MR) is 46.5 cm³/mol. The van der Waals surface area contributed by atoms with E-state index in [1.807, 2.05) is 0 Å². The zero-order valence-corrected chi connectivity index (χ0v) is 7.27. The van der Waals surface area contributed by atoms with Crippen LogP contribution in [0.15, 0.2) is 18.2 Å². The Kier molecular flexibility index (Phi) is 3.11. The van der Waals surface area contributed by atoms with Gasteiger partial charge < -0.3 is 20.1 Å². The van der Waals surface area contributed by atoms with E-state index in [0.717, 1.165) is 0 Å². The molecule has 0 aliphatic carbocycles. The molecule has 0 aromatic heterocycles. The second-order valence-electron chi connectivity index (χ2n) is 2.71. The number of methoxy groups -OCH3 is 1. The molecule has 0 aliphatic heterocycles. The first-order valence-corrected chi connectivity index (χ1v) is 3.85. The van der Waals surface area contributed by atoms with Gasteiger partial charge in [-0.2, -0.15) is 0 Å². The van der Waals surface area contributed by atoms with Gasteiger partial charge in [-0.05, 0) is 11.6 Å². The molecule has 0 saturated carbocycles. The van der Waals surface area contributed by atoms with E-state index in [0.29, 0.717) is 5.56 Å². The molecule has 72 valence electrons. The van der Waals surface area contributed by atoms with Crippen LogP contribution >= 0.6 is 0 Å². The number of ether oxygens (including phenoxy) is 1. The number of hydrogen-bond donors (Lipinski definition) is 3. The van der Waals surface area contributed by atoms with Crippen LogP contribution in [0.5, 0.6) is 11.5 Å². The monoisotopic (exact) mass is 184 g/mol. The molecule has 4 nitrogen and oxygen atoms in total. The summed E-state index contributed by atoms with van der Waals surface area (Å²) in [5.41, 5.74) is 0.534. The highest BCUT2D eigenvalue weighted by Gasteiger charge is 2.07. The number of hydrogen-bond acceptors (Lipinski definition) is 4. The van der Waals surface area contributed by atoms with Gasteiger partial charge in [-0.25, -0.2) is 0 Å². The molecule has 3 N–H and O–H groups in total. The van der Waals surface area contributed by atoms with Crippen LogP contribution in [0.1, 0.15) is 5.56 Å². The van der Waals surface area contributed by atoms with Crippen molar-refractivity contribution in [1.82, 2.24) is 0 Å². The highest BCUT2D eigenvalue weighted by molar-refractivity contribution is 5.39. The summed E-state index contributed by atoms with van der Waals surface area (Å²) in [6.45, 7) is 0. The van der Waals surface area contributed by atoms with E-state index in [1.165, 1.54) is 25.3 Å². The summed E-state index contributed by atoms with van der Waals surface area (Å²) < 4.78 is 4.62. The summed E-state index contributed by atoms with van der Waals surface area (Å²) in [7, 11) is 1.38. The van der Waals surface area contributed by atoms with Crippen molar-refractivity contribution in [2.24, 2.45) is 0 Å². The molecule has 4 heteroatoms. The van der Waals surface area contributed by atoms with E-state index in [9.17, 15) is 5.11 Å². The fraction of sp³-hybridized carbons (Fsp3) is 0.333. The number of phenolic OH excluding ortho intramolecular Hbond substituents is 2. The van der Waals surface area contributed by atoms with Crippen LogP contribution in [-0.4, -0.2) is 28.7 Å². The van der Waals surface area contributed by atoms with Gasteiger partial charge in [-0.3, -0.25) is 0 Å². The maximum atomic E-state index is 9.31. The minimum atomic E-state index is -0.935. The fourth-order valence-corrected chi connectivity index (χ4v) is 0.996. The third-order valence-electron chi connectivity index (χ3n) is 1.74. The van der Waals surface area contributed by atoms with Crippen LogP contribution in [0.3, 0.4) is 0 Å². The van der Waals surface area contributed by atoms with Crippen LogP contribution in [0.25, 0.3) is 0 Å². The molecular formula is C9H12O4. The third-order valence-corrected chi connectivity index (χ3v) is 1.74. The minimum Gasteiger partial charge on any atom is -0.508 e. The van der Waals surface area contributed by atoms with Crippen LogP contribution in [0, 0.1) is 0 Å². The topological polar surface area (TPSA) is 69.9 Å². The number of phenols is 2. The number of aliphatic hydroxyl groups excluding tert-OH is 1. The summed E-state index contributed by atoms with van der Waals surface area (Å²) in [5, 5.41) is 27.4. The third kappa shape index (κ3) is 2.61. The normalized spacial score (nSPS) is 12.8. The average Bonchev–Trinajstić information content (AvgIpc) is 2.09. The van der Waals surface area contributed by atoms with Gasteiger partial charge in [0.15, 0.2) is 6.29 Å². The van der Waals surface area contributed by atoms with Gasteiger partial charge in [-0.1, -0.05) is 6.07 Å². The van der Waals surface area contributed by atoms with E-state index in [1.54, 1.807) is 0 Å². The molecule has 0 fully saturated rings. The Bertz CT molecular complexity index is 285. The molecule has 0 bridgehead atoms. The molecule has 1 atom stereocenters. The Hall–Kier alpha value is -1.26. The van der Waals surface area contributed by atoms with Gasteiger partial charge in [0.25, 0.3) is 0 Å². The summed E-state index contributed by atoms with van der Waals surface area (Å²) in [5.74, 6) is -0.0516. The van der Waals surface area contributed by atoms with Crippen molar-refractivity contribution in [3.63, 3.8) is 0 Å². The lowest BCUT2D eigenvalue weighted by molar-refractivity contribution is -0.0723. The van der Waals surface area contributed by atoms with Gasteiger partial charge in [0.1, 0.15) is 11.5 Å². The molecule has 1 unspecified atom stereocenters. The molecule has 0 amide bonds. The number of aromatic hydroxyl groups is 2. The summed E-state index contributed by atoms with van der Waals surface area (Å²) >= 11 is 0. The predicted octanol–water partition coefficient (Wildman–Crippen LogP) is 0.605. The molecule has 1 aromatic carbocycles. The van der Waals surface area contributed by atoms with Gasteiger partial charge in [0.05, 0.1) is 0 Å². The molecule has 0 radical (unpaired) electrons. The van der Waals surface area contributed by atoms with E-state index in [-0.39, 0.29) is 17.9 Å². The molecule has 0 aliphatic rings. The van der Waals surface area contributed by atoms with Crippen molar-refractivity contribution in [2.75, 3.05) is 7.11 Å². The zero-order chi connectivity index (χ0) is 9.84. The first-order chi connectivity index (χ1) is 6.13. The Morgan fingerprint density at radius 3 is 2.62 bits per heavy atom. The smallest absolute Gasteiger partial charge is 0.158 e. The first kappa shape index (κ1) is 9.83. The maximum Gasteiger partial charge on any atom is 0.158 e. The molecule has 1 rings (SSSR count). The molecule has 0 heterocycles. The zero-order valence-electron chi connectivity index (χ0n) is 7.27. The highest BCUT2D eigenvalue weighted by atomic mass is 16.6. The van der Waals surface area contributed by atoms with Crippen LogP contribution < -0.4 is 0 Å². The Labute approximate surface area is 76.0 Å². The molecular weight excluding hydrogens is 172 g/mol. The van der Waals surface area contributed by atoms with Crippen molar-refractivity contribution in [3.05, 3.63) is 23.8 Å². The summed E-state index contributed by atoms with van der Waals surface area (Å²) in [6, 6.07) is 4.20. The Morgan fingerprint density at radius 2 is 2.08 bits per heavy atom. The molecule has 13 heavy (non-hydrogen) atoms. The second kappa shape index (κ2) is 4.11. The lowest BCUT2D eigenvalue weighted by atomic mass is 10.1. The standard InChI is InChI=1S/C9H12O4/c1-13-9(12)4-6-2-3-7(10)5-8(6)11/h2-3,5,9-12H,4H2,1H3. The number of aliphatic hydroxyl groups is 1. The quantitative estimate of drug-likeness (QED) is 0.602. The van der Waals surface area contributed by atoms with Gasteiger partial charge in [0, 0.05) is 19.6 Å². The van der Waals surface area contributed by atoms with Crippen molar-refractivity contribution < 1.29 is 20.1 Å². The lowest BCUT2D eigenvalue weighted by Gasteiger charge is -2.09. The Morgan fingerprint density at radius 1 is 1.38 bits per heavy atom. The van der Waals surface area contributed by atoms with Gasteiger partial charge >= 0.3 is 0 Å².